The Morgan fingerprint density at radius 1 is 1.33 bits per heavy atom. The molecule has 0 radical (unpaired) electrons. The lowest BCUT2D eigenvalue weighted by atomic mass is 10.3. The van der Waals surface area contributed by atoms with Crippen LogP contribution in [0.3, 0.4) is 0 Å². The van der Waals surface area contributed by atoms with Crippen molar-refractivity contribution in [2.75, 3.05) is 20.3 Å². The van der Waals surface area contributed by atoms with Gasteiger partial charge in [-0.1, -0.05) is 0 Å². The van der Waals surface area contributed by atoms with Crippen molar-refractivity contribution >= 4 is 11.6 Å². The van der Waals surface area contributed by atoms with Gasteiger partial charge in [0.25, 0.3) is 5.91 Å². The molecule has 27 heavy (non-hydrogen) atoms. The van der Waals surface area contributed by atoms with E-state index in [-0.39, 0.29) is 17.3 Å². The van der Waals surface area contributed by atoms with Gasteiger partial charge in [-0.15, -0.1) is 0 Å². The zero-order chi connectivity index (χ0) is 20.0. The summed E-state index contributed by atoms with van der Waals surface area (Å²) in [5.74, 6) is -0.923. The van der Waals surface area contributed by atoms with E-state index in [1.54, 1.807) is 0 Å². The number of ether oxygens (including phenoxy) is 2. The lowest BCUT2D eigenvalue weighted by Crippen LogP contribution is -2.40. The van der Waals surface area contributed by atoms with Crippen molar-refractivity contribution in [1.82, 2.24) is 4.90 Å². The van der Waals surface area contributed by atoms with Crippen LogP contribution < -0.4 is 9.47 Å². The molecule has 1 aromatic heterocycles. The first-order chi connectivity index (χ1) is 12.7. The van der Waals surface area contributed by atoms with E-state index in [1.807, 2.05) is 0 Å². The quantitative estimate of drug-likeness (QED) is 0.509. The molecule has 1 aromatic carbocycles. The van der Waals surface area contributed by atoms with E-state index < -0.39 is 42.4 Å². The maximum atomic E-state index is 12.7. The van der Waals surface area contributed by atoms with Crippen LogP contribution in [-0.4, -0.2) is 42.2 Å². The molecule has 1 heterocycles. The van der Waals surface area contributed by atoms with E-state index in [0.29, 0.717) is 4.90 Å². The Bertz CT molecular complexity index is 792. The van der Waals surface area contributed by atoms with E-state index in [1.165, 1.54) is 37.6 Å². The number of nitro groups is 1. The normalized spacial score (nSPS) is 11.1. The third-order valence-electron chi connectivity index (χ3n) is 3.36. The predicted octanol–water partition coefficient (Wildman–Crippen LogP) is 3.17. The third kappa shape index (κ3) is 5.90. The highest BCUT2D eigenvalue weighted by molar-refractivity contribution is 5.78. The van der Waals surface area contributed by atoms with Crippen LogP contribution in [0.1, 0.15) is 5.76 Å². The molecule has 146 valence electrons. The Morgan fingerprint density at radius 3 is 2.63 bits per heavy atom. The van der Waals surface area contributed by atoms with E-state index in [0.717, 1.165) is 6.07 Å². The summed E-state index contributed by atoms with van der Waals surface area (Å²) in [6.45, 7) is -2.75. The Morgan fingerprint density at radius 2 is 2.07 bits per heavy atom. The summed E-state index contributed by atoms with van der Waals surface area (Å²) < 4.78 is 53.1. The topological polar surface area (TPSA) is 95.1 Å². The summed E-state index contributed by atoms with van der Waals surface area (Å²) in [5.41, 5.74) is -0.476. The smallest absolute Gasteiger partial charge is 0.406 e. The molecule has 0 unspecified atom stereocenters. The average Bonchev–Trinajstić information content (AvgIpc) is 3.10. The largest absolute Gasteiger partial charge is 0.496 e. The molecule has 0 saturated carbocycles. The number of alkyl halides is 3. The molecular weight excluding hydrogens is 373 g/mol. The fourth-order valence-electron chi connectivity index (χ4n) is 2.16. The fourth-order valence-corrected chi connectivity index (χ4v) is 2.16. The lowest BCUT2D eigenvalue weighted by molar-refractivity contribution is -0.385. The summed E-state index contributed by atoms with van der Waals surface area (Å²) in [7, 11) is 1.31. The number of methoxy groups -OCH3 is 1. The number of benzene rings is 1. The van der Waals surface area contributed by atoms with Gasteiger partial charge in [0.1, 0.15) is 18.1 Å². The first-order valence-corrected chi connectivity index (χ1v) is 7.51. The van der Waals surface area contributed by atoms with Gasteiger partial charge in [-0.25, -0.2) is 0 Å². The van der Waals surface area contributed by atoms with Gasteiger partial charge in [-0.2, -0.15) is 13.2 Å². The molecule has 0 fully saturated rings. The molecule has 0 aliphatic carbocycles. The van der Waals surface area contributed by atoms with Crippen molar-refractivity contribution in [2.24, 2.45) is 0 Å². The summed E-state index contributed by atoms with van der Waals surface area (Å²) in [4.78, 5) is 23.0. The molecule has 0 aliphatic rings. The van der Waals surface area contributed by atoms with Crippen LogP contribution in [-0.2, 0) is 11.3 Å². The second-order valence-electron chi connectivity index (χ2n) is 5.32. The van der Waals surface area contributed by atoms with Crippen molar-refractivity contribution in [3.05, 3.63) is 52.5 Å². The summed E-state index contributed by atoms with van der Waals surface area (Å²) in [5, 5.41) is 11.1. The molecule has 0 aliphatic heterocycles. The number of rotatable bonds is 8. The Hall–Kier alpha value is -3.24. The van der Waals surface area contributed by atoms with E-state index in [9.17, 15) is 28.1 Å². The van der Waals surface area contributed by atoms with Crippen LogP contribution in [0.25, 0.3) is 0 Å². The van der Waals surface area contributed by atoms with Gasteiger partial charge < -0.3 is 18.8 Å². The first kappa shape index (κ1) is 20.1. The number of halogens is 3. The minimum absolute atomic E-state index is 0.156. The number of carbonyl (C=O) groups excluding carboxylic acids is 1. The maximum absolute atomic E-state index is 12.7. The van der Waals surface area contributed by atoms with Crippen LogP contribution >= 0.6 is 0 Å². The number of hydrogen-bond donors (Lipinski definition) is 0. The van der Waals surface area contributed by atoms with E-state index in [2.05, 4.69) is 0 Å². The molecule has 0 N–H and O–H groups in total. The van der Waals surface area contributed by atoms with Gasteiger partial charge in [0.15, 0.2) is 12.4 Å². The van der Waals surface area contributed by atoms with Gasteiger partial charge in [0.05, 0.1) is 30.9 Å². The second-order valence-corrected chi connectivity index (χ2v) is 5.32. The number of furan rings is 1. The number of nitrogens with zero attached hydrogens (tertiary/aromatic N) is 2. The van der Waals surface area contributed by atoms with Gasteiger partial charge in [0, 0.05) is 0 Å². The van der Waals surface area contributed by atoms with Gasteiger partial charge in [-0.3, -0.25) is 14.9 Å². The van der Waals surface area contributed by atoms with Crippen molar-refractivity contribution in [1.29, 1.82) is 0 Å². The summed E-state index contributed by atoms with van der Waals surface area (Å²) >= 11 is 0. The van der Waals surface area contributed by atoms with Gasteiger partial charge >= 0.3 is 11.9 Å². The van der Waals surface area contributed by atoms with Gasteiger partial charge in [0.2, 0.25) is 0 Å². The highest BCUT2D eigenvalue weighted by atomic mass is 19.4. The predicted molar refractivity (Wildman–Crippen MR) is 85.3 cm³/mol. The molecule has 1 amide bonds. The first-order valence-electron chi connectivity index (χ1n) is 7.51. The van der Waals surface area contributed by atoms with Crippen LogP contribution in [0.15, 0.2) is 41.0 Å². The molecule has 11 heteroatoms. The third-order valence-corrected chi connectivity index (χ3v) is 3.36. The molecule has 8 nitrogen and oxygen atoms in total. The Balaban J connectivity index is 2.11. The fraction of sp³-hybridized carbons (Fsp3) is 0.312. The summed E-state index contributed by atoms with van der Waals surface area (Å²) in [6, 6.07) is 6.54. The number of nitro benzene ring substituents is 1. The zero-order valence-corrected chi connectivity index (χ0v) is 14.1. The molecule has 2 rings (SSSR count). The number of carbonyl (C=O) groups is 1. The van der Waals surface area contributed by atoms with Crippen molar-refractivity contribution in [3.8, 4) is 11.5 Å². The van der Waals surface area contributed by atoms with E-state index >= 15 is 0 Å². The highest BCUT2D eigenvalue weighted by Gasteiger charge is 2.33. The lowest BCUT2D eigenvalue weighted by Gasteiger charge is -2.23. The molecule has 0 spiro atoms. The molecule has 0 bridgehead atoms. The molecule has 2 aromatic rings. The minimum Gasteiger partial charge on any atom is -0.496 e. The van der Waals surface area contributed by atoms with Crippen LogP contribution in [0, 0.1) is 10.1 Å². The summed E-state index contributed by atoms with van der Waals surface area (Å²) in [6.07, 6.45) is -3.36. The molecular formula is C16H15F3N2O6. The Kier molecular flexibility index (Phi) is 6.27. The average molecular weight is 388 g/mol. The number of amides is 1. The van der Waals surface area contributed by atoms with Crippen LogP contribution in [0.5, 0.6) is 11.5 Å². The van der Waals surface area contributed by atoms with E-state index in [4.69, 9.17) is 13.9 Å². The SMILES string of the molecule is COc1ccc(OCC(=O)N(Cc2ccco2)CC(F)(F)F)c([N+](=O)[O-])c1. The van der Waals surface area contributed by atoms with Crippen LogP contribution in [0.2, 0.25) is 0 Å². The monoisotopic (exact) mass is 388 g/mol. The van der Waals surface area contributed by atoms with Crippen molar-refractivity contribution in [2.45, 2.75) is 12.7 Å². The Labute approximate surface area is 151 Å². The second kappa shape index (κ2) is 8.43. The maximum Gasteiger partial charge on any atom is 0.406 e. The highest BCUT2D eigenvalue weighted by Crippen LogP contribution is 2.31. The van der Waals surface area contributed by atoms with Crippen molar-refractivity contribution in [3.63, 3.8) is 0 Å². The van der Waals surface area contributed by atoms with Gasteiger partial charge in [-0.05, 0) is 24.3 Å². The zero-order valence-electron chi connectivity index (χ0n) is 14.1. The standard InChI is InChI=1S/C16H15F3N2O6/c1-25-11-4-5-14(13(7-11)21(23)24)27-9-15(22)20(10-16(17,18)19)8-12-3-2-6-26-12/h2-7H,8-10H2,1H3. The molecule has 0 atom stereocenters. The van der Waals surface area contributed by atoms with Crippen molar-refractivity contribution < 1.29 is 36.8 Å². The van der Waals surface area contributed by atoms with Crippen LogP contribution in [0.4, 0.5) is 18.9 Å². The minimum atomic E-state index is -4.63. The molecule has 0 saturated heterocycles. The number of hydrogen-bond acceptors (Lipinski definition) is 6.